The van der Waals surface area contributed by atoms with E-state index in [9.17, 15) is 14.7 Å². The molecule has 0 bridgehead atoms. The van der Waals surface area contributed by atoms with Crippen LogP contribution < -0.4 is 30.3 Å². The van der Waals surface area contributed by atoms with Crippen LogP contribution >= 0.6 is 31.9 Å². The molecule has 2 aromatic rings. The van der Waals surface area contributed by atoms with Crippen molar-refractivity contribution >= 4 is 50.1 Å². The zero-order chi connectivity index (χ0) is 29.2. The Morgan fingerprint density at radius 1 is 1.23 bits per heavy atom. The fraction of sp³-hybridized carbons (Fsp3) is 0.296. The number of aliphatic hydroxyl groups is 1. The van der Waals surface area contributed by atoms with Gasteiger partial charge in [0.05, 0.1) is 40.5 Å². The Hall–Kier alpha value is -3.73. The molecule has 4 N–H and O–H groups in total. The Kier molecular flexibility index (Phi) is 11.2. The van der Waals surface area contributed by atoms with Gasteiger partial charge in [0, 0.05) is 5.70 Å². The number of benzene rings is 2. The molecular weight excluding hydrogens is 652 g/mol. The summed E-state index contributed by atoms with van der Waals surface area (Å²) in [6.45, 7) is 3.74. The fourth-order valence-corrected chi connectivity index (χ4v) is 5.18. The van der Waals surface area contributed by atoms with Crippen molar-refractivity contribution in [1.82, 2.24) is 16.1 Å². The molecule has 1 aliphatic rings. The third-order valence-electron chi connectivity index (χ3n) is 5.43. The molecule has 0 aromatic heterocycles. The predicted octanol–water partition coefficient (Wildman–Crippen LogP) is 3.74. The molecule has 13 heteroatoms. The molecule has 0 aliphatic carbocycles. The molecule has 11 nitrogen and oxygen atoms in total. The maximum Gasteiger partial charge on any atom is 0.337 e. The van der Waals surface area contributed by atoms with Crippen LogP contribution in [0.25, 0.3) is 0 Å². The highest BCUT2D eigenvalue weighted by atomic mass is 79.9. The minimum Gasteiger partial charge on any atom is -0.490 e. The van der Waals surface area contributed by atoms with Gasteiger partial charge in [-0.3, -0.25) is 5.43 Å². The van der Waals surface area contributed by atoms with E-state index in [1.165, 1.54) is 13.3 Å². The number of methoxy groups -OCH3 is 1. The van der Waals surface area contributed by atoms with E-state index in [1.54, 1.807) is 37.3 Å². The number of allylic oxidation sites excluding steroid dienone is 1. The Bertz CT molecular complexity index is 1330. The third-order valence-corrected chi connectivity index (χ3v) is 6.61. The Balaban J connectivity index is 1.68. The second kappa shape index (κ2) is 14.6. The summed E-state index contributed by atoms with van der Waals surface area (Å²) < 4.78 is 23.2. The van der Waals surface area contributed by atoms with Crippen LogP contribution in [0.2, 0.25) is 0 Å². The van der Waals surface area contributed by atoms with Gasteiger partial charge in [0.15, 0.2) is 17.7 Å². The van der Waals surface area contributed by atoms with E-state index in [-0.39, 0.29) is 18.8 Å². The van der Waals surface area contributed by atoms with E-state index in [0.717, 1.165) is 5.56 Å². The highest BCUT2D eigenvalue weighted by Crippen LogP contribution is 2.35. The SMILES string of the molecule is C#CCOc1c(Br)cc(/C=N\N[C@H](O)COc2ccc([C@H]3NC(=O)NC(C)=C3C(=O)OC)cc2OCC)cc1Br. The molecule has 3 rings (SSSR count). The monoisotopic (exact) mass is 678 g/mol. The van der Waals surface area contributed by atoms with Gasteiger partial charge in [0.25, 0.3) is 0 Å². The van der Waals surface area contributed by atoms with Gasteiger partial charge in [-0.1, -0.05) is 12.0 Å². The molecule has 1 heterocycles. The Morgan fingerprint density at radius 2 is 1.95 bits per heavy atom. The summed E-state index contributed by atoms with van der Waals surface area (Å²) in [4.78, 5) is 24.5. The zero-order valence-corrected chi connectivity index (χ0v) is 25.1. The number of carbonyl (C=O) groups is 2. The van der Waals surface area contributed by atoms with Gasteiger partial charge in [0.2, 0.25) is 0 Å². The van der Waals surface area contributed by atoms with E-state index in [2.05, 4.69) is 58.9 Å². The van der Waals surface area contributed by atoms with Crippen molar-refractivity contribution in [2.24, 2.45) is 5.10 Å². The van der Waals surface area contributed by atoms with Gasteiger partial charge in [-0.05, 0) is 81.1 Å². The van der Waals surface area contributed by atoms with Crippen LogP contribution in [-0.4, -0.2) is 56.5 Å². The van der Waals surface area contributed by atoms with Crippen LogP contribution in [0, 0.1) is 12.3 Å². The standard InChI is InChI=1S/C27H28Br2N4O7/c1-5-9-39-25-18(28)10-16(11-19(25)29)13-30-33-22(34)14-40-20-8-7-17(12-21(20)38-6-2)24-23(26(35)37-4)15(3)31-27(36)32-24/h1,7-8,10-13,22,24,33-34H,6,9,14H2,2-4H3,(H2,31,32,36)/b30-13-/t22-,24-/m1/s1. The summed E-state index contributed by atoms with van der Waals surface area (Å²) >= 11 is 6.87. The topological polar surface area (TPSA) is 140 Å². The number of hydrazone groups is 1. The van der Waals surface area contributed by atoms with Crippen LogP contribution in [0.3, 0.4) is 0 Å². The number of nitrogens with one attached hydrogen (secondary N) is 3. The van der Waals surface area contributed by atoms with Crippen LogP contribution in [0.5, 0.6) is 17.2 Å². The summed E-state index contributed by atoms with van der Waals surface area (Å²) in [6.07, 6.45) is 5.62. The van der Waals surface area contributed by atoms with Crippen LogP contribution in [0.15, 0.2) is 55.6 Å². The number of nitrogens with zero attached hydrogens (tertiary/aromatic N) is 1. The number of amides is 2. The molecule has 0 radical (unpaired) electrons. The van der Waals surface area contributed by atoms with Crippen molar-refractivity contribution in [3.05, 3.63) is 61.7 Å². The lowest BCUT2D eigenvalue weighted by Gasteiger charge is -2.28. The Morgan fingerprint density at radius 3 is 2.60 bits per heavy atom. The molecule has 0 unspecified atom stereocenters. The Labute approximate surface area is 248 Å². The molecule has 40 heavy (non-hydrogen) atoms. The highest BCUT2D eigenvalue weighted by molar-refractivity contribution is 9.11. The molecule has 0 saturated heterocycles. The van der Waals surface area contributed by atoms with Gasteiger partial charge in [-0.2, -0.15) is 5.10 Å². The first-order valence-corrected chi connectivity index (χ1v) is 13.5. The lowest BCUT2D eigenvalue weighted by atomic mass is 9.95. The lowest BCUT2D eigenvalue weighted by Crippen LogP contribution is -2.45. The maximum absolute atomic E-state index is 12.4. The number of urea groups is 1. The van der Waals surface area contributed by atoms with Crippen molar-refractivity contribution in [3.63, 3.8) is 0 Å². The second-order valence-corrected chi connectivity index (χ2v) is 9.93. The minimum atomic E-state index is -1.14. The normalized spacial score (nSPS) is 15.5. The zero-order valence-electron chi connectivity index (χ0n) is 21.9. The largest absolute Gasteiger partial charge is 0.490 e. The number of terminal acetylenes is 1. The first kappa shape index (κ1) is 30.8. The average Bonchev–Trinajstić information content (AvgIpc) is 2.91. The smallest absolute Gasteiger partial charge is 0.337 e. The number of carbonyl (C=O) groups excluding carboxylic acids is 2. The van der Waals surface area contributed by atoms with Crippen molar-refractivity contribution in [2.45, 2.75) is 26.1 Å². The molecule has 0 spiro atoms. The van der Waals surface area contributed by atoms with Crippen LogP contribution in [0.4, 0.5) is 4.79 Å². The van der Waals surface area contributed by atoms with Crippen LogP contribution in [-0.2, 0) is 9.53 Å². The van der Waals surface area contributed by atoms with Crippen molar-refractivity contribution in [3.8, 4) is 29.6 Å². The third kappa shape index (κ3) is 7.91. The number of hydrogen-bond donors (Lipinski definition) is 4. The molecule has 1 aliphatic heterocycles. The number of esters is 1. The van der Waals surface area contributed by atoms with Gasteiger partial charge >= 0.3 is 12.0 Å². The number of aliphatic hydroxyl groups excluding tert-OH is 1. The number of ether oxygens (including phenoxy) is 4. The van der Waals surface area contributed by atoms with E-state index in [0.29, 0.717) is 44.1 Å². The highest BCUT2D eigenvalue weighted by Gasteiger charge is 2.32. The van der Waals surface area contributed by atoms with E-state index in [4.69, 9.17) is 25.4 Å². The summed E-state index contributed by atoms with van der Waals surface area (Å²) in [7, 11) is 1.27. The molecular formula is C27H28Br2N4O7. The van der Waals surface area contributed by atoms with E-state index in [1.807, 2.05) is 6.92 Å². The van der Waals surface area contributed by atoms with E-state index >= 15 is 0 Å². The number of rotatable bonds is 12. The molecule has 2 aromatic carbocycles. The summed E-state index contributed by atoms with van der Waals surface area (Å²) in [5, 5.41) is 19.7. The van der Waals surface area contributed by atoms with Crippen molar-refractivity contribution in [1.29, 1.82) is 0 Å². The predicted molar refractivity (Wildman–Crippen MR) is 155 cm³/mol. The average molecular weight is 680 g/mol. The summed E-state index contributed by atoms with van der Waals surface area (Å²) in [5.41, 5.74) is 4.56. The first-order chi connectivity index (χ1) is 19.2. The lowest BCUT2D eigenvalue weighted by molar-refractivity contribution is -0.136. The second-order valence-electron chi connectivity index (χ2n) is 8.22. The molecule has 0 fully saturated rings. The molecule has 2 amide bonds. The van der Waals surface area contributed by atoms with Gasteiger partial charge in [0.1, 0.15) is 19.0 Å². The number of halogens is 2. The maximum atomic E-state index is 12.4. The van der Waals surface area contributed by atoms with Gasteiger partial charge in [-0.15, -0.1) is 6.42 Å². The van der Waals surface area contributed by atoms with E-state index < -0.39 is 24.3 Å². The van der Waals surface area contributed by atoms with Crippen molar-refractivity contribution < 1.29 is 33.6 Å². The van der Waals surface area contributed by atoms with Gasteiger partial charge < -0.3 is 34.7 Å². The molecule has 2 atom stereocenters. The first-order valence-electron chi connectivity index (χ1n) is 12.0. The summed E-state index contributed by atoms with van der Waals surface area (Å²) in [5.74, 6) is 3.13. The quantitative estimate of drug-likeness (QED) is 0.0875. The van der Waals surface area contributed by atoms with Gasteiger partial charge in [-0.25, -0.2) is 9.59 Å². The van der Waals surface area contributed by atoms with Crippen molar-refractivity contribution in [2.75, 3.05) is 26.9 Å². The minimum absolute atomic E-state index is 0.131. The summed E-state index contributed by atoms with van der Waals surface area (Å²) in [6, 6.07) is 7.35. The van der Waals surface area contributed by atoms with Crippen LogP contribution in [0.1, 0.15) is 31.0 Å². The number of hydrogen-bond acceptors (Lipinski definition) is 9. The molecule has 0 saturated carbocycles. The fourth-order valence-electron chi connectivity index (χ4n) is 3.73. The molecule has 212 valence electrons.